The molecule has 120 valence electrons. The minimum absolute atomic E-state index is 0.215. The molecule has 1 aliphatic rings. The Labute approximate surface area is 127 Å². The van der Waals surface area contributed by atoms with E-state index in [0.717, 1.165) is 26.1 Å². The van der Waals surface area contributed by atoms with Crippen molar-refractivity contribution in [3.63, 3.8) is 0 Å². The topological polar surface area (TPSA) is 71.3 Å². The number of hydrogen-bond donors (Lipinski definition) is 0. The highest BCUT2D eigenvalue weighted by Crippen LogP contribution is 2.18. The normalized spacial score (nSPS) is 21.0. The summed E-state index contributed by atoms with van der Waals surface area (Å²) in [6, 6.07) is 0.433. The van der Waals surface area contributed by atoms with Crippen molar-refractivity contribution >= 4 is 10.0 Å². The fourth-order valence-corrected chi connectivity index (χ4v) is 3.60. The van der Waals surface area contributed by atoms with Gasteiger partial charge >= 0.3 is 0 Å². The van der Waals surface area contributed by atoms with Crippen LogP contribution in [0.3, 0.4) is 0 Å². The highest BCUT2D eigenvalue weighted by Gasteiger charge is 2.23. The molecule has 2 rings (SSSR count). The molecule has 1 aromatic rings. The highest BCUT2D eigenvalue weighted by atomic mass is 32.2. The van der Waals surface area contributed by atoms with Gasteiger partial charge in [-0.15, -0.1) is 0 Å². The summed E-state index contributed by atoms with van der Waals surface area (Å²) >= 11 is 0. The van der Waals surface area contributed by atoms with Crippen LogP contribution in [0.5, 0.6) is 0 Å². The molecule has 0 saturated carbocycles. The molecule has 0 radical (unpaired) electrons. The average Bonchev–Trinajstić information content (AvgIpc) is 2.93. The molecule has 2 heterocycles. The summed E-state index contributed by atoms with van der Waals surface area (Å²) in [7, 11) is 0.0868. The Morgan fingerprint density at radius 2 is 2.14 bits per heavy atom. The van der Waals surface area contributed by atoms with E-state index < -0.39 is 10.0 Å². The highest BCUT2D eigenvalue weighted by molar-refractivity contribution is 7.89. The minimum atomic E-state index is -3.09. The predicted molar refractivity (Wildman–Crippen MR) is 81.3 cm³/mol. The van der Waals surface area contributed by atoms with Crippen LogP contribution in [-0.2, 0) is 16.6 Å². The Kier molecular flexibility index (Phi) is 5.72. The number of hydrogen-bond acceptors (Lipinski definition) is 5. The second-order valence-corrected chi connectivity index (χ2v) is 8.06. The molecular weight excluding hydrogens is 290 g/mol. The van der Waals surface area contributed by atoms with Crippen LogP contribution in [0, 0.1) is 0 Å². The lowest BCUT2D eigenvalue weighted by Gasteiger charge is -2.35. The maximum atomic E-state index is 11.8. The number of likely N-dealkylation sites (tertiary alicyclic amines) is 1. The molecule has 0 unspecified atom stereocenters. The molecule has 0 spiro atoms. The van der Waals surface area contributed by atoms with Crippen LogP contribution in [0.15, 0.2) is 12.7 Å². The average molecular weight is 315 g/mol. The summed E-state index contributed by atoms with van der Waals surface area (Å²) in [5.41, 5.74) is 0. The van der Waals surface area contributed by atoms with Crippen LogP contribution in [0.2, 0.25) is 0 Å². The molecule has 0 bridgehead atoms. The van der Waals surface area contributed by atoms with Gasteiger partial charge in [0.1, 0.15) is 12.7 Å². The number of sulfonamides is 1. The minimum Gasteiger partial charge on any atom is -0.299 e. The molecular formula is C13H25N5O2S. The molecule has 0 amide bonds. The van der Waals surface area contributed by atoms with Crippen molar-refractivity contribution in [1.29, 1.82) is 0 Å². The number of nitrogens with zero attached hydrogens (tertiary/aromatic N) is 5. The first-order valence-electron chi connectivity index (χ1n) is 7.46. The van der Waals surface area contributed by atoms with Crippen molar-refractivity contribution in [2.75, 3.05) is 32.9 Å². The molecule has 0 aromatic carbocycles. The monoisotopic (exact) mass is 315 g/mol. The van der Waals surface area contributed by atoms with E-state index in [1.165, 1.54) is 17.1 Å². The van der Waals surface area contributed by atoms with Crippen molar-refractivity contribution in [3.8, 4) is 0 Å². The van der Waals surface area contributed by atoms with E-state index in [0.29, 0.717) is 12.5 Å². The van der Waals surface area contributed by atoms with Crippen LogP contribution in [-0.4, -0.2) is 71.4 Å². The summed E-state index contributed by atoms with van der Waals surface area (Å²) in [4.78, 5) is 6.37. The van der Waals surface area contributed by atoms with Crippen molar-refractivity contribution in [3.05, 3.63) is 12.7 Å². The SMILES string of the molecule is CN(C)S(=O)(=O)CCCN1CCCC[C@@H]1Cn1cncn1. The summed E-state index contributed by atoms with van der Waals surface area (Å²) in [5.74, 6) is 0.215. The zero-order valence-electron chi connectivity index (χ0n) is 12.8. The van der Waals surface area contributed by atoms with Crippen molar-refractivity contribution in [1.82, 2.24) is 24.0 Å². The Morgan fingerprint density at radius 3 is 2.81 bits per heavy atom. The lowest BCUT2D eigenvalue weighted by molar-refractivity contribution is 0.130. The van der Waals surface area contributed by atoms with Gasteiger partial charge in [-0.2, -0.15) is 5.10 Å². The zero-order valence-corrected chi connectivity index (χ0v) is 13.7. The molecule has 1 aliphatic heterocycles. The first-order chi connectivity index (χ1) is 9.99. The van der Waals surface area contributed by atoms with E-state index >= 15 is 0 Å². The second kappa shape index (κ2) is 7.33. The molecule has 21 heavy (non-hydrogen) atoms. The predicted octanol–water partition coefficient (Wildman–Crippen LogP) is 0.414. The van der Waals surface area contributed by atoms with Crippen molar-refractivity contribution in [2.24, 2.45) is 0 Å². The van der Waals surface area contributed by atoms with Gasteiger partial charge in [0, 0.05) is 20.1 Å². The van der Waals surface area contributed by atoms with Crippen molar-refractivity contribution < 1.29 is 8.42 Å². The molecule has 1 saturated heterocycles. The largest absolute Gasteiger partial charge is 0.299 e. The van der Waals surface area contributed by atoms with Crippen LogP contribution >= 0.6 is 0 Å². The lowest BCUT2D eigenvalue weighted by Crippen LogP contribution is -2.43. The molecule has 7 nitrogen and oxygen atoms in total. The number of piperidine rings is 1. The lowest BCUT2D eigenvalue weighted by atomic mass is 10.0. The van der Waals surface area contributed by atoms with Crippen LogP contribution < -0.4 is 0 Å². The first-order valence-corrected chi connectivity index (χ1v) is 9.06. The second-order valence-electron chi connectivity index (χ2n) is 5.76. The van der Waals surface area contributed by atoms with E-state index in [1.54, 1.807) is 26.7 Å². The number of rotatable bonds is 7. The van der Waals surface area contributed by atoms with E-state index in [-0.39, 0.29) is 5.75 Å². The zero-order chi connectivity index (χ0) is 15.3. The van der Waals surface area contributed by atoms with Gasteiger partial charge in [-0.25, -0.2) is 17.7 Å². The third kappa shape index (κ3) is 4.76. The molecule has 1 atom stereocenters. The summed E-state index contributed by atoms with van der Waals surface area (Å²) in [6.45, 7) is 2.70. The molecule has 0 N–H and O–H groups in total. The molecule has 8 heteroatoms. The van der Waals surface area contributed by atoms with E-state index in [1.807, 2.05) is 4.68 Å². The molecule has 1 fully saturated rings. The van der Waals surface area contributed by atoms with Gasteiger partial charge in [-0.3, -0.25) is 9.58 Å². The Hall–Kier alpha value is -0.990. The Bertz CT molecular complexity index is 515. The van der Waals surface area contributed by atoms with Gasteiger partial charge in [-0.1, -0.05) is 6.42 Å². The fourth-order valence-electron chi connectivity index (χ4n) is 2.74. The van der Waals surface area contributed by atoms with Gasteiger partial charge in [0.15, 0.2) is 0 Å². The van der Waals surface area contributed by atoms with Gasteiger partial charge in [0.25, 0.3) is 0 Å². The van der Waals surface area contributed by atoms with Gasteiger partial charge < -0.3 is 0 Å². The van der Waals surface area contributed by atoms with Crippen LogP contribution in [0.1, 0.15) is 25.7 Å². The maximum Gasteiger partial charge on any atom is 0.213 e. The summed E-state index contributed by atoms with van der Waals surface area (Å²) < 4.78 is 26.8. The smallest absolute Gasteiger partial charge is 0.213 e. The van der Waals surface area contributed by atoms with E-state index in [9.17, 15) is 8.42 Å². The van der Waals surface area contributed by atoms with Crippen LogP contribution in [0.4, 0.5) is 0 Å². The molecule has 0 aliphatic carbocycles. The third-order valence-electron chi connectivity index (χ3n) is 4.02. The van der Waals surface area contributed by atoms with E-state index in [2.05, 4.69) is 15.0 Å². The fraction of sp³-hybridized carbons (Fsp3) is 0.846. The maximum absolute atomic E-state index is 11.8. The first kappa shape index (κ1) is 16.4. The van der Waals surface area contributed by atoms with Crippen LogP contribution in [0.25, 0.3) is 0 Å². The van der Waals surface area contributed by atoms with Gasteiger partial charge in [0.05, 0.1) is 12.3 Å². The standard InChI is InChI=1S/C13H25N5O2S/c1-16(2)21(19,20)9-5-8-17-7-4-3-6-13(17)10-18-12-14-11-15-18/h11-13H,3-10H2,1-2H3/t13-/m1/s1. The van der Waals surface area contributed by atoms with Crippen molar-refractivity contribution in [2.45, 2.75) is 38.3 Å². The van der Waals surface area contributed by atoms with E-state index in [4.69, 9.17) is 0 Å². The molecule has 1 aromatic heterocycles. The summed E-state index contributed by atoms with van der Waals surface area (Å²) in [6.07, 6.45) is 7.52. The Balaban J connectivity index is 1.84. The number of aromatic nitrogens is 3. The Morgan fingerprint density at radius 1 is 1.33 bits per heavy atom. The van der Waals surface area contributed by atoms with Gasteiger partial charge in [0.2, 0.25) is 10.0 Å². The summed E-state index contributed by atoms with van der Waals surface area (Å²) in [5, 5.41) is 4.16. The quantitative estimate of drug-likeness (QED) is 0.729. The van der Waals surface area contributed by atoms with Gasteiger partial charge in [-0.05, 0) is 32.4 Å². The third-order valence-corrected chi connectivity index (χ3v) is 5.93.